The normalized spacial score (nSPS) is 13.4. The number of carbonyl (C=O) groups excluding carboxylic acids is 1. The van der Waals surface area contributed by atoms with Gasteiger partial charge in [0.25, 0.3) is 0 Å². The van der Waals surface area contributed by atoms with Crippen LogP contribution in [0, 0.1) is 3.57 Å². The first-order valence-corrected chi connectivity index (χ1v) is 8.59. The molecule has 0 saturated carbocycles. The molecule has 0 fully saturated rings. The van der Waals surface area contributed by atoms with E-state index >= 15 is 0 Å². The van der Waals surface area contributed by atoms with E-state index < -0.39 is 24.7 Å². The third-order valence-corrected chi connectivity index (χ3v) is 4.43. The molecule has 0 radical (unpaired) electrons. The Bertz CT molecular complexity index is 755. The number of hydrogen-bond acceptors (Lipinski definition) is 2. The van der Waals surface area contributed by atoms with E-state index in [1.54, 1.807) is 54.6 Å². The molecule has 0 N–H and O–H groups in total. The maximum absolute atomic E-state index is 12.5. The summed E-state index contributed by atoms with van der Waals surface area (Å²) in [4.78, 5) is 12.5. The van der Waals surface area contributed by atoms with Gasteiger partial charge in [-0.1, -0.05) is 48.5 Å². The van der Waals surface area contributed by atoms with E-state index in [1.165, 1.54) is 6.92 Å². The third-order valence-electron chi connectivity index (χ3n) is 3.49. The molecule has 0 heterocycles. The molecule has 0 aliphatic heterocycles. The summed E-state index contributed by atoms with van der Waals surface area (Å²) in [6.45, 7) is 1.53. The van der Waals surface area contributed by atoms with Crippen molar-refractivity contribution >= 4 is 28.6 Å². The van der Waals surface area contributed by atoms with Crippen LogP contribution >= 0.6 is 22.6 Å². The topological polar surface area (TPSA) is 26.3 Å². The zero-order valence-corrected chi connectivity index (χ0v) is 15.5. The van der Waals surface area contributed by atoms with Gasteiger partial charge in [0.1, 0.15) is 6.10 Å². The number of esters is 1. The van der Waals surface area contributed by atoms with Crippen LogP contribution in [0.2, 0.25) is 0 Å². The van der Waals surface area contributed by atoms with Gasteiger partial charge < -0.3 is 4.74 Å². The molecule has 0 aliphatic rings. The van der Waals surface area contributed by atoms with Gasteiger partial charge in [-0.2, -0.15) is 13.2 Å². The van der Waals surface area contributed by atoms with Crippen LogP contribution in [-0.4, -0.2) is 12.1 Å². The average Bonchev–Trinajstić information content (AvgIpc) is 2.58. The molecule has 2 rings (SSSR count). The van der Waals surface area contributed by atoms with Gasteiger partial charge in [-0.3, -0.25) is 0 Å². The minimum absolute atomic E-state index is 0.336. The zero-order chi connectivity index (χ0) is 18.4. The van der Waals surface area contributed by atoms with E-state index in [9.17, 15) is 18.0 Å². The molecular weight excluding hydrogens is 444 g/mol. The predicted octanol–water partition coefficient (Wildman–Crippen LogP) is 6.09. The SMILES string of the molecule is C/C(=C\CC(F)(F)F)[C@H](OC(=O)c1ccccc1I)c1ccccc1. The van der Waals surface area contributed by atoms with Crippen LogP contribution in [0.1, 0.15) is 35.4 Å². The summed E-state index contributed by atoms with van der Waals surface area (Å²) in [5.74, 6) is -0.571. The molecule has 2 aromatic carbocycles. The summed E-state index contributed by atoms with van der Waals surface area (Å²) in [6.07, 6.45) is -5.18. The van der Waals surface area contributed by atoms with Gasteiger partial charge >= 0.3 is 12.1 Å². The van der Waals surface area contributed by atoms with Crippen LogP contribution in [0.25, 0.3) is 0 Å². The van der Waals surface area contributed by atoms with Crippen molar-refractivity contribution in [2.45, 2.75) is 25.6 Å². The van der Waals surface area contributed by atoms with Crippen molar-refractivity contribution < 1.29 is 22.7 Å². The highest BCUT2D eigenvalue weighted by Gasteiger charge is 2.27. The van der Waals surface area contributed by atoms with Gasteiger partial charge in [-0.25, -0.2) is 4.79 Å². The highest BCUT2D eigenvalue weighted by atomic mass is 127. The summed E-state index contributed by atoms with van der Waals surface area (Å²) in [5.41, 5.74) is 1.34. The molecule has 1 atom stereocenters. The van der Waals surface area contributed by atoms with Crippen molar-refractivity contribution in [2.75, 3.05) is 0 Å². The van der Waals surface area contributed by atoms with Gasteiger partial charge in [-0.15, -0.1) is 0 Å². The Morgan fingerprint density at radius 3 is 2.32 bits per heavy atom. The second-order valence-electron chi connectivity index (χ2n) is 5.44. The van der Waals surface area contributed by atoms with Gasteiger partial charge in [0.05, 0.1) is 12.0 Å². The second kappa shape index (κ2) is 8.51. The molecule has 25 heavy (non-hydrogen) atoms. The lowest BCUT2D eigenvalue weighted by atomic mass is 10.0. The molecule has 0 amide bonds. The van der Waals surface area contributed by atoms with E-state index in [2.05, 4.69) is 0 Å². The Balaban J connectivity index is 2.30. The molecule has 0 bridgehead atoms. The van der Waals surface area contributed by atoms with Gasteiger partial charge in [0.2, 0.25) is 0 Å². The molecule has 0 saturated heterocycles. The summed E-state index contributed by atoms with van der Waals surface area (Å²) in [7, 11) is 0. The highest BCUT2D eigenvalue weighted by Crippen LogP contribution is 2.30. The number of carbonyl (C=O) groups is 1. The number of ether oxygens (including phenoxy) is 1. The van der Waals surface area contributed by atoms with Crippen molar-refractivity contribution in [3.05, 3.63) is 80.9 Å². The van der Waals surface area contributed by atoms with E-state index in [1.807, 2.05) is 22.6 Å². The highest BCUT2D eigenvalue weighted by molar-refractivity contribution is 14.1. The fourth-order valence-corrected chi connectivity index (χ4v) is 2.84. The molecule has 6 heteroatoms. The molecule has 0 aromatic heterocycles. The number of hydrogen-bond donors (Lipinski definition) is 0. The lowest BCUT2D eigenvalue weighted by Gasteiger charge is -2.20. The van der Waals surface area contributed by atoms with Crippen LogP contribution in [0.3, 0.4) is 0 Å². The molecule has 2 aromatic rings. The van der Waals surface area contributed by atoms with Crippen molar-refractivity contribution in [3.8, 4) is 0 Å². The molecule has 0 spiro atoms. The molecule has 2 nitrogen and oxygen atoms in total. The van der Waals surface area contributed by atoms with Crippen molar-refractivity contribution in [2.24, 2.45) is 0 Å². The minimum atomic E-state index is -4.30. The first-order valence-electron chi connectivity index (χ1n) is 7.52. The van der Waals surface area contributed by atoms with E-state index in [0.717, 1.165) is 6.08 Å². The maximum atomic E-state index is 12.5. The van der Waals surface area contributed by atoms with Crippen LogP contribution in [0.15, 0.2) is 66.2 Å². The first kappa shape index (κ1) is 19.5. The van der Waals surface area contributed by atoms with E-state index in [4.69, 9.17) is 4.74 Å². The smallest absolute Gasteiger partial charge is 0.392 e. The number of halogens is 4. The standard InChI is InChI=1S/C19H16F3IO2/c1-13(11-12-19(20,21)22)17(14-7-3-2-4-8-14)25-18(24)15-9-5-6-10-16(15)23/h2-11,17H,12H2,1H3/b13-11+/t17-/m0/s1. The fraction of sp³-hybridized carbons (Fsp3) is 0.211. The summed E-state index contributed by atoms with van der Waals surface area (Å²) in [6, 6.07) is 15.6. The van der Waals surface area contributed by atoms with E-state index in [-0.39, 0.29) is 0 Å². The lowest BCUT2D eigenvalue weighted by molar-refractivity contribution is -0.125. The lowest BCUT2D eigenvalue weighted by Crippen LogP contribution is -2.14. The first-order chi connectivity index (χ1) is 11.8. The molecule has 0 aliphatic carbocycles. The largest absolute Gasteiger partial charge is 0.449 e. The monoisotopic (exact) mass is 460 g/mol. The second-order valence-corrected chi connectivity index (χ2v) is 6.61. The maximum Gasteiger partial charge on any atom is 0.392 e. The Hall–Kier alpha value is -1.83. The van der Waals surface area contributed by atoms with Gasteiger partial charge in [-0.05, 0) is 52.8 Å². The van der Waals surface area contributed by atoms with Crippen LogP contribution in [0.5, 0.6) is 0 Å². The zero-order valence-electron chi connectivity index (χ0n) is 13.4. The van der Waals surface area contributed by atoms with E-state index in [0.29, 0.717) is 20.3 Å². The third kappa shape index (κ3) is 5.88. The summed E-state index contributed by atoms with van der Waals surface area (Å²) < 4.78 is 43.8. The average molecular weight is 460 g/mol. The predicted molar refractivity (Wildman–Crippen MR) is 98.2 cm³/mol. The van der Waals surface area contributed by atoms with Gasteiger partial charge in [0.15, 0.2) is 0 Å². The molecule has 0 unspecified atom stereocenters. The van der Waals surface area contributed by atoms with Crippen molar-refractivity contribution in [1.82, 2.24) is 0 Å². The summed E-state index contributed by atoms with van der Waals surface area (Å²) in [5, 5.41) is 0. The number of rotatable bonds is 5. The Labute approximate surface area is 157 Å². The van der Waals surface area contributed by atoms with Crippen LogP contribution < -0.4 is 0 Å². The number of alkyl halides is 3. The van der Waals surface area contributed by atoms with Crippen molar-refractivity contribution in [1.29, 1.82) is 0 Å². The Morgan fingerprint density at radius 1 is 1.12 bits per heavy atom. The summed E-state index contributed by atoms with van der Waals surface area (Å²) >= 11 is 2.02. The molecule has 132 valence electrons. The fourth-order valence-electron chi connectivity index (χ4n) is 2.23. The Morgan fingerprint density at radius 2 is 1.72 bits per heavy atom. The van der Waals surface area contributed by atoms with Crippen LogP contribution in [-0.2, 0) is 4.74 Å². The quantitative estimate of drug-likeness (QED) is 0.307. The molecular formula is C19H16F3IO2. The van der Waals surface area contributed by atoms with Crippen molar-refractivity contribution in [3.63, 3.8) is 0 Å². The van der Waals surface area contributed by atoms with Gasteiger partial charge in [0, 0.05) is 3.57 Å². The minimum Gasteiger partial charge on any atom is -0.449 e. The van der Waals surface area contributed by atoms with Crippen LogP contribution in [0.4, 0.5) is 13.2 Å². The number of allylic oxidation sites excluding steroid dienone is 1. The number of benzene rings is 2. The Kier molecular flexibility index (Phi) is 6.64.